The van der Waals surface area contributed by atoms with Gasteiger partial charge in [0, 0.05) is 38.5 Å². The van der Waals surface area contributed by atoms with E-state index in [1.165, 1.54) is 6.07 Å². The number of hydrogen-bond donors (Lipinski definition) is 1. The molecule has 0 spiro atoms. The van der Waals surface area contributed by atoms with Crippen LogP contribution in [0.15, 0.2) is 28.8 Å². The number of amides is 1. The standard InChI is InChI=1S/C19H25FN4O3/c1-14(8-9-24-10-12-26-13-11-24)21-17(25)6-7-18-22-19(23-27-18)15-4-2-3-5-16(15)20/h2-5,14H,6-13H2,1H3,(H,21,25)/t14-/m0/s1. The molecule has 0 bridgehead atoms. The second-order valence-electron chi connectivity index (χ2n) is 6.70. The third-order valence-corrected chi connectivity index (χ3v) is 4.54. The van der Waals surface area contributed by atoms with Gasteiger partial charge < -0.3 is 14.6 Å². The van der Waals surface area contributed by atoms with Crippen LogP contribution < -0.4 is 5.32 Å². The van der Waals surface area contributed by atoms with Gasteiger partial charge in [0.25, 0.3) is 0 Å². The van der Waals surface area contributed by atoms with Crippen LogP contribution in [0.3, 0.4) is 0 Å². The number of halogens is 1. The molecule has 1 amide bonds. The summed E-state index contributed by atoms with van der Waals surface area (Å²) in [5.41, 5.74) is 0.286. The van der Waals surface area contributed by atoms with Crippen LogP contribution in [0.5, 0.6) is 0 Å². The Hall–Kier alpha value is -2.32. The number of aromatic nitrogens is 2. The summed E-state index contributed by atoms with van der Waals surface area (Å²) < 4.78 is 24.2. The fraction of sp³-hybridized carbons (Fsp3) is 0.526. The molecule has 1 N–H and O–H groups in total. The van der Waals surface area contributed by atoms with Gasteiger partial charge in [0.05, 0.1) is 18.8 Å². The van der Waals surface area contributed by atoms with E-state index in [0.29, 0.717) is 12.3 Å². The zero-order valence-electron chi connectivity index (χ0n) is 15.5. The highest BCUT2D eigenvalue weighted by Crippen LogP contribution is 2.19. The number of carbonyl (C=O) groups is 1. The Balaban J connectivity index is 1.40. The molecule has 146 valence electrons. The molecule has 1 aromatic heterocycles. The van der Waals surface area contributed by atoms with E-state index in [2.05, 4.69) is 20.4 Å². The van der Waals surface area contributed by atoms with Gasteiger partial charge in [0.1, 0.15) is 5.82 Å². The Morgan fingerprint density at radius 1 is 1.33 bits per heavy atom. The molecule has 1 saturated heterocycles. The second-order valence-corrected chi connectivity index (χ2v) is 6.70. The molecule has 1 aromatic carbocycles. The molecule has 7 nitrogen and oxygen atoms in total. The number of nitrogens with zero attached hydrogens (tertiary/aromatic N) is 3. The maximum atomic E-state index is 13.8. The van der Waals surface area contributed by atoms with E-state index in [9.17, 15) is 9.18 Å². The predicted molar refractivity (Wildman–Crippen MR) is 97.5 cm³/mol. The fourth-order valence-electron chi connectivity index (χ4n) is 2.95. The molecule has 0 radical (unpaired) electrons. The number of rotatable bonds is 8. The van der Waals surface area contributed by atoms with Crippen molar-refractivity contribution < 1.29 is 18.4 Å². The SMILES string of the molecule is C[C@@H](CCN1CCOCC1)NC(=O)CCc1nc(-c2ccccc2F)no1. The summed E-state index contributed by atoms with van der Waals surface area (Å²) in [6.45, 7) is 6.39. The lowest BCUT2D eigenvalue weighted by molar-refractivity contribution is -0.121. The lowest BCUT2D eigenvalue weighted by Crippen LogP contribution is -2.40. The average molecular weight is 376 g/mol. The Bertz CT molecular complexity index is 746. The van der Waals surface area contributed by atoms with Crippen LogP contribution >= 0.6 is 0 Å². The number of nitrogens with one attached hydrogen (secondary N) is 1. The molecule has 1 atom stereocenters. The third kappa shape index (κ3) is 5.83. The monoisotopic (exact) mass is 376 g/mol. The summed E-state index contributed by atoms with van der Waals surface area (Å²) in [5, 5.41) is 6.78. The third-order valence-electron chi connectivity index (χ3n) is 4.54. The van der Waals surface area contributed by atoms with E-state index < -0.39 is 5.82 Å². The van der Waals surface area contributed by atoms with Crippen molar-refractivity contribution in [3.63, 3.8) is 0 Å². The fourth-order valence-corrected chi connectivity index (χ4v) is 2.95. The van der Waals surface area contributed by atoms with Crippen LogP contribution in [0.4, 0.5) is 4.39 Å². The van der Waals surface area contributed by atoms with E-state index in [4.69, 9.17) is 9.26 Å². The van der Waals surface area contributed by atoms with Crippen molar-refractivity contribution in [2.45, 2.75) is 32.2 Å². The zero-order chi connectivity index (χ0) is 19.1. The van der Waals surface area contributed by atoms with Crippen molar-refractivity contribution in [1.82, 2.24) is 20.4 Å². The first kappa shape index (κ1) is 19.4. The molecule has 1 fully saturated rings. The van der Waals surface area contributed by atoms with Crippen molar-refractivity contribution in [1.29, 1.82) is 0 Å². The molecule has 1 aliphatic heterocycles. The molecular formula is C19H25FN4O3. The smallest absolute Gasteiger partial charge is 0.227 e. The maximum absolute atomic E-state index is 13.8. The van der Waals surface area contributed by atoms with Crippen LogP contribution in [0, 0.1) is 5.82 Å². The van der Waals surface area contributed by atoms with Crippen molar-refractivity contribution in [2.24, 2.45) is 0 Å². The minimum absolute atomic E-state index is 0.0601. The van der Waals surface area contributed by atoms with Gasteiger partial charge in [-0.05, 0) is 25.5 Å². The lowest BCUT2D eigenvalue weighted by atomic mass is 10.2. The zero-order valence-corrected chi connectivity index (χ0v) is 15.5. The molecule has 2 aromatic rings. The second kappa shape index (κ2) is 9.57. The summed E-state index contributed by atoms with van der Waals surface area (Å²) in [6, 6.07) is 6.34. The van der Waals surface area contributed by atoms with Gasteiger partial charge in [-0.1, -0.05) is 17.3 Å². The summed E-state index contributed by atoms with van der Waals surface area (Å²) in [4.78, 5) is 18.6. The Labute approximate surface area is 157 Å². The van der Waals surface area contributed by atoms with E-state index in [-0.39, 0.29) is 29.8 Å². The van der Waals surface area contributed by atoms with Crippen molar-refractivity contribution >= 4 is 5.91 Å². The first-order chi connectivity index (χ1) is 13.1. The average Bonchev–Trinajstić information content (AvgIpc) is 3.15. The van der Waals surface area contributed by atoms with E-state index in [1.807, 2.05) is 6.92 Å². The van der Waals surface area contributed by atoms with Gasteiger partial charge >= 0.3 is 0 Å². The molecule has 2 heterocycles. The maximum Gasteiger partial charge on any atom is 0.227 e. The number of ether oxygens (including phenoxy) is 1. The number of carbonyl (C=O) groups excluding carboxylic acids is 1. The van der Waals surface area contributed by atoms with Crippen molar-refractivity contribution in [3.8, 4) is 11.4 Å². The van der Waals surface area contributed by atoms with E-state index >= 15 is 0 Å². The minimum Gasteiger partial charge on any atom is -0.379 e. The van der Waals surface area contributed by atoms with Crippen molar-refractivity contribution in [3.05, 3.63) is 36.0 Å². The van der Waals surface area contributed by atoms with Crippen molar-refractivity contribution in [2.75, 3.05) is 32.8 Å². The number of aryl methyl sites for hydroxylation is 1. The largest absolute Gasteiger partial charge is 0.379 e. The first-order valence-electron chi connectivity index (χ1n) is 9.29. The van der Waals surface area contributed by atoms with E-state index in [1.54, 1.807) is 18.2 Å². The minimum atomic E-state index is -0.406. The number of morpholine rings is 1. The van der Waals surface area contributed by atoms with Crippen LogP contribution in [0.1, 0.15) is 25.7 Å². The molecule has 1 aliphatic rings. The first-order valence-corrected chi connectivity index (χ1v) is 9.29. The highest BCUT2D eigenvalue weighted by atomic mass is 19.1. The topological polar surface area (TPSA) is 80.5 Å². The molecule has 0 unspecified atom stereocenters. The van der Waals surface area contributed by atoms with E-state index in [0.717, 1.165) is 39.3 Å². The predicted octanol–water partition coefficient (Wildman–Crippen LogP) is 2.04. The van der Waals surface area contributed by atoms with Crippen LogP contribution in [0.25, 0.3) is 11.4 Å². The van der Waals surface area contributed by atoms with Gasteiger partial charge in [-0.25, -0.2) is 4.39 Å². The summed E-state index contributed by atoms with van der Waals surface area (Å²) in [5.74, 6) is 0.0542. The Morgan fingerprint density at radius 2 is 2.11 bits per heavy atom. The highest BCUT2D eigenvalue weighted by Gasteiger charge is 2.15. The van der Waals surface area contributed by atoms with Gasteiger partial charge in [0.15, 0.2) is 0 Å². The van der Waals surface area contributed by atoms with Gasteiger partial charge in [-0.3, -0.25) is 9.69 Å². The number of hydrogen-bond acceptors (Lipinski definition) is 6. The van der Waals surface area contributed by atoms with Crippen LogP contribution in [-0.2, 0) is 16.0 Å². The molecular weight excluding hydrogens is 351 g/mol. The van der Waals surface area contributed by atoms with Crippen LogP contribution in [-0.4, -0.2) is 59.8 Å². The summed E-state index contributed by atoms with van der Waals surface area (Å²) >= 11 is 0. The molecule has 27 heavy (non-hydrogen) atoms. The number of benzene rings is 1. The summed E-state index contributed by atoms with van der Waals surface area (Å²) in [6.07, 6.45) is 1.47. The summed E-state index contributed by atoms with van der Waals surface area (Å²) in [7, 11) is 0. The molecule has 0 saturated carbocycles. The molecule has 3 rings (SSSR count). The van der Waals surface area contributed by atoms with Gasteiger partial charge in [-0.15, -0.1) is 0 Å². The molecule has 8 heteroatoms. The molecule has 0 aliphatic carbocycles. The highest BCUT2D eigenvalue weighted by molar-refractivity contribution is 5.76. The normalized spacial score (nSPS) is 16.2. The quantitative estimate of drug-likeness (QED) is 0.759. The lowest BCUT2D eigenvalue weighted by Gasteiger charge is -2.27. The Morgan fingerprint density at radius 3 is 2.89 bits per heavy atom. The van der Waals surface area contributed by atoms with Gasteiger partial charge in [0.2, 0.25) is 17.6 Å². The van der Waals surface area contributed by atoms with Crippen LogP contribution in [0.2, 0.25) is 0 Å². The van der Waals surface area contributed by atoms with Gasteiger partial charge in [-0.2, -0.15) is 4.98 Å². The Kier molecular flexibility index (Phi) is 6.89.